The molecule has 3 aromatic rings. The van der Waals surface area contributed by atoms with Crippen LogP contribution < -0.4 is 10.6 Å². The molecule has 0 spiro atoms. The smallest absolute Gasteiger partial charge is 0.322 e. The first-order valence-corrected chi connectivity index (χ1v) is 8.14. The maximum atomic E-state index is 13.2. The largest absolute Gasteiger partial charge is 0.416 e. The third-order valence-electron chi connectivity index (χ3n) is 3.71. The Hall–Kier alpha value is -3.68. The lowest BCUT2D eigenvalue weighted by molar-refractivity contribution is -0.137. The first-order valence-electron chi connectivity index (χ1n) is 8.14. The summed E-state index contributed by atoms with van der Waals surface area (Å²) in [5, 5.41) is 4.79. The predicted molar refractivity (Wildman–Crippen MR) is 98.0 cm³/mol. The van der Waals surface area contributed by atoms with Gasteiger partial charge in [0.05, 0.1) is 5.56 Å². The van der Waals surface area contributed by atoms with E-state index in [1.807, 2.05) is 0 Å². The molecule has 0 bridgehead atoms. The molecule has 0 aliphatic rings. The summed E-state index contributed by atoms with van der Waals surface area (Å²) in [4.78, 5) is 28.3. The van der Waals surface area contributed by atoms with Crippen LogP contribution in [0.3, 0.4) is 0 Å². The minimum atomic E-state index is -4.65. The van der Waals surface area contributed by atoms with Crippen molar-refractivity contribution in [2.45, 2.75) is 6.18 Å². The van der Waals surface area contributed by atoms with Crippen molar-refractivity contribution in [3.05, 3.63) is 89.7 Å². The number of nitrogens with one attached hydrogen (secondary N) is 2. The van der Waals surface area contributed by atoms with Crippen molar-refractivity contribution >= 4 is 23.2 Å². The molecule has 0 saturated carbocycles. The molecule has 3 rings (SSSR count). The van der Waals surface area contributed by atoms with E-state index < -0.39 is 23.6 Å². The minimum Gasteiger partial charge on any atom is -0.322 e. The summed E-state index contributed by atoms with van der Waals surface area (Å²) in [6.07, 6.45) is -3.26. The van der Waals surface area contributed by atoms with Gasteiger partial charge in [0.2, 0.25) is 0 Å². The second kappa shape index (κ2) is 7.91. The molecule has 0 unspecified atom stereocenters. The van der Waals surface area contributed by atoms with Gasteiger partial charge in [-0.25, -0.2) is 0 Å². The first-order chi connectivity index (χ1) is 13.3. The zero-order valence-electron chi connectivity index (χ0n) is 14.3. The van der Waals surface area contributed by atoms with E-state index in [1.54, 1.807) is 30.3 Å². The Kier molecular flexibility index (Phi) is 5.39. The highest BCUT2D eigenvalue weighted by Gasteiger charge is 2.31. The average molecular weight is 385 g/mol. The SMILES string of the molecule is O=C(Nc1cc(NC(=O)c2ccccn2)cc(C(F)(F)F)c1)c1ccccc1. The van der Waals surface area contributed by atoms with Gasteiger partial charge in [-0.05, 0) is 42.5 Å². The Balaban J connectivity index is 1.89. The molecule has 0 radical (unpaired) electrons. The van der Waals surface area contributed by atoms with Crippen LogP contribution in [0.1, 0.15) is 26.4 Å². The van der Waals surface area contributed by atoms with Crippen molar-refractivity contribution in [3.63, 3.8) is 0 Å². The Morgan fingerprint density at radius 3 is 1.96 bits per heavy atom. The summed E-state index contributed by atoms with van der Waals surface area (Å²) >= 11 is 0. The highest BCUT2D eigenvalue weighted by atomic mass is 19.4. The van der Waals surface area contributed by atoms with Crippen molar-refractivity contribution in [2.75, 3.05) is 10.6 Å². The van der Waals surface area contributed by atoms with Crippen LogP contribution in [-0.4, -0.2) is 16.8 Å². The van der Waals surface area contributed by atoms with E-state index in [0.717, 1.165) is 12.1 Å². The summed E-state index contributed by atoms with van der Waals surface area (Å²) in [5.41, 5.74) is -0.878. The summed E-state index contributed by atoms with van der Waals surface area (Å²) in [5.74, 6) is -1.23. The molecular weight excluding hydrogens is 371 g/mol. The van der Waals surface area contributed by atoms with Crippen LogP contribution >= 0.6 is 0 Å². The number of carbonyl (C=O) groups excluding carboxylic acids is 2. The fourth-order valence-corrected chi connectivity index (χ4v) is 2.42. The molecule has 28 heavy (non-hydrogen) atoms. The number of benzene rings is 2. The lowest BCUT2D eigenvalue weighted by Gasteiger charge is -2.14. The molecule has 8 heteroatoms. The number of alkyl halides is 3. The van der Waals surface area contributed by atoms with Crippen LogP contribution in [0, 0.1) is 0 Å². The van der Waals surface area contributed by atoms with Gasteiger partial charge in [-0.2, -0.15) is 13.2 Å². The average Bonchev–Trinajstić information content (AvgIpc) is 2.68. The molecule has 0 aliphatic carbocycles. The quantitative estimate of drug-likeness (QED) is 0.689. The number of halogens is 3. The number of anilines is 2. The fraction of sp³-hybridized carbons (Fsp3) is 0.0500. The highest BCUT2D eigenvalue weighted by Crippen LogP contribution is 2.33. The van der Waals surface area contributed by atoms with Crippen molar-refractivity contribution in [3.8, 4) is 0 Å². The van der Waals surface area contributed by atoms with E-state index in [0.29, 0.717) is 5.56 Å². The van der Waals surface area contributed by atoms with E-state index in [2.05, 4.69) is 15.6 Å². The zero-order chi connectivity index (χ0) is 20.1. The van der Waals surface area contributed by atoms with Crippen LogP contribution in [-0.2, 0) is 6.18 Å². The lowest BCUT2D eigenvalue weighted by Crippen LogP contribution is -2.16. The summed E-state index contributed by atoms with van der Waals surface area (Å²) in [7, 11) is 0. The number of hydrogen-bond acceptors (Lipinski definition) is 3. The number of nitrogens with zero attached hydrogens (tertiary/aromatic N) is 1. The molecule has 2 amide bonds. The summed E-state index contributed by atoms with van der Waals surface area (Å²) in [6, 6.07) is 15.5. The molecule has 5 nitrogen and oxygen atoms in total. The number of rotatable bonds is 4. The van der Waals surface area contributed by atoms with Gasteiger partial charge in [-0.1, -0.05) is 24.3 Å². The summed E-state index contributed by atoms with van der Waals surface area (Å²) in [6.45, 7) is 0. The van der Waals surface area contributed by atoms with Gasteiger partial charge in [-0.3, -0.25) is 14.6 Å². The van der Waals surface area contributed by atoms with Crippen LogP contribution in [0.25, 0.3) is 0 Å². The highest BCUT2D eigenvalue weighted by molar-refractivity contribution is 6.06. The second-order valence-electron chi connectivity index (χ2n) is 5.79. The number of carbonyl (C=O) groups is 2. The molecule has 2 N–H and O–H groups in total. The van der Waals surface area contributed by atoms with Gasteiger partial charge in [-0.15, -0.1) is 0 Å². The third kappa shape index (κ3) is 4.73. The Morgan fingerprint density at radius 2 is 1.39 bits per heavy atom. The summed E-state index contributed by atoms with van der Waals surface area (Å²) < 4.78 is 39.7. The number of amides is 2. The van der Waals surface area contributed by atoms with Crippen molar-refractivity contribution in [2.24, 2.45) is 0 Å². The molecule has 0 atom stereocenters. The van der Waals surface area contributed by atoms with Crippen molar-refractivity contribution in [1.82, 2.24) is 4.98 Å². The normalized spacial score (nSPS) is 11.0. The molecule has 2 aromatic carbocycles. The van der Waals surface area contributed by atoms with E-state index in [4.69, 9.17) is 0 Å². The number of aromatic nitrogens is 1. The first kappa shape index (κ1) is 19.1. The fourth-order valence-electron chi connectivity index (χ4n) is 2.42. The van der Waals surface area contributed by atoms with E-state index in [9.17, 15) is 22.8 Å². The topological polar surface area (TPSA) is 71.1 Å². The molecule has 0 aliphatic heterocycles. The molecule has 1 heterocycles. The van der Waals surface area contributed by atoms with Gasteiger partial charge in [0.1, 0.15) is 5.69 Å². The van der Waals surface area contributed by atoms with Crippen LogP contribution in [0.4, 0.5) is 24.5 Å². The van der Waals surface area contributed by atoms with Crippen LogP contribution in [0.15, 0.2) is 72.9 Å². The molecular formula is C20H14F3N3O2. The molecule has 1 aromatic heterocycles. The van der Waals surface area contributed by atoms with E-state index in [-0.39, 0.29) is 17.1 Å². The monoisotopic (exact) mass is 385 g/mol. The molecule has 0 fully saturated rings. The molecule has 0 saturated heterocycles. The number of pyridine rings is 1. The van der Waals surface area contributed by atoms with Gasteiger partial charge >= 0.3 is 6.18 Å². The van der Waals surface area contributed by atoms with Crippen LogP contribution in [0.5, 0.6) is 0 Å². The zero-order valence-corrected chi connectivity index (χ0v) is 14.3. The minimum absolute atomic E-state index is 0.0507. The maximum Gasteiger partial charge on any atom is 0.416 e. The van der Waals surface area contributed by atoms with Crippen molar-refractivity contribution < 1.29 is 22.8 Å². The van der Waals surface area contributed by atoms with Gasteiger partial charge in [0.15, 0.2) is 0 Å². The van der Waals surface area contributed by atoms with Crippen molar-refractivity contribution in [1.29, 1.82) is 0 Å². The van der Waals surface area contributed by atoms with Gasteiger partial charge in [0.25, 0.3) is 11.8 Å². The lowest BCUT2D eigenvalue weighted by atomic mass is 10.1. The maximum absolute atomic E-state index is 13.2. The van der Waals surface area contributed by atoms with Gasteiger partial charge < -0.3 is 10.6 Å². The second-order valence-corrected chi connectivity index (χ2v) is 5.79. The van der Waals surface area contributed by atoms with E-state index in [1.165, 1.54) is 30.5 Å². The standard InChI is InChI=1S/C20H14F3N3O2/c21-20(22,23)14-10-15(25-18(27)13-6-2-1-3-7-13)12-16(11-14)26-19(28)17-8-4-5-9-24-17/h1-12H,(H,25,27)(H,26,28). The van der Waals surface area contributed by atoms with Crippen LogP contribution in [0.2, 0.25) is 0 Å². The third-order valence-corrected chi connectivity index (χ3v) is 3.71. The van der Waals surface area contributed by atoms with E-state index >= 15 is 0 Å². The molecule has 142 valence electrons. The van der Waals surface area contributed by atoms with Gasteiger partial charge in [0, 0.05) is 23.1 Å². The Labute approximate surface area is 158 Å². The predicted octanol–water partition coefficient (Wildman–Crippen LogP) is 4.61. The Bertz CT molecular complexity index is 919. The number of hydrogen-bond donors (Lipinski definition) is 2. The Morgan fingerprint density at radius 1 is 0.786 bits per heavy atom.